The fraction of sp³-hybridized carbons (Fsp3) is 0.231. The highest BCUT2D eigenvalue weighted by Gasteiger charge is 2.17. The zero-order valence-corrected chi connectivity index (χ0v) is 12.5. The third-order valence-electron chi connectivity index (χ3n) is 2.36. The Labute approximate surface area is 118 Å². The van der Waals surface area contributed by atoms with Crippen LogP contribution in [0.5, 0.6) is 0 Å². The molecule has 0 aliphatic rings. The largest absolute Gasteiger partial charge is 0.462 e. The predicted octanol–water partition coefficient (Wildman–Crippen LogP) is 4.06. The number of aromatic nitrogens is 1. The Morgan fingerprint density at radius 2 is 2.17 bits per heavy atom. The van der Waals surface area contributed by atoms with Gasteiger partial charge in [-0.3, -0.25) is 0 Å². The van der Waals surface area contributed by atoms with Crippen LogP contribution >= 0.6 is 27.3 Å². The molecule has 0 amide bonds. The molecule has 94 valence electrons. The van der Waals surface area contributed by atoms with E-state index >= 15 is 0 Å². The molecule has 2 aromatic rings. The Morgan fingerprint density at radius 1 is 1.44 bits per heavy atom. The second-order valence-corrected chi connectivity index (χ2v) is 5.49. The fourth-order valence-electron chi connectivity index (χ4n) is 1.53. The lowest BCUT2D eigenvalue weighted by Gasteiger charge is -1.99. The number of halogens is 1. The molecule has 0 radical (unpaired) electrons. The summed E-state index contributed by atoms with van der Waals surface area (Å²) in [6.07, 6.45) is 0. The highest BCUT2D eigenvalue weighted by atomic mass is 79.9. The smallest absolute Gasteiger partial charge is 0.350 e. The zero-order valence-electron chi connectivity index (χ0n) is 10.1. The van der Waals surface area contributed by atoms with Gasteiger partial charge in [0.05, 0.1) is 12.3 Å². The van der Waals surface area contributed by atoms with E-state index < -0.39 is 0 Å². The monoisotopic (exact) mass is 325 g/mol. The minimum absolute atomic E-state index is 0.300. The van der Waals surface area contributed by atoms with Crippen molar-refractivity contribution in [2.75, 3.05) is 6.61 Å². The van der Waals surface area contributed by atoms with Crippen LogP contribution in [0.3, 0.4) is 0 Å². The van der Waals surface area contributed by atoms with E-state index in [1.807, 2.05) is 31.2 Å². The number of esters is 1. The van der Waals surface area contributed by atoms with Gasteiger partial charge in [0.2, 0.25) is 0 Å². The first-order valence-electron chi connectivity index (χ1n) is 5.53. The van der Waals surface area contributed by atoms with Crippen molar-refractivity contribution in [2.45, 2.75) is 13.8 Å². The number of ether oxygens (including phenoxy) is 1. The van der Waals surface area contributed by atoms with Crippen LogP contribution in [0.2, 0.25) is 0 Å². The number of benzene rings is 1. The molecule has 3 nitrogen and oxygen atoms in total. The van der Waals surface area contributed by atoms with E-state index in [9.17, 15) is 4.79 Å². The van der Waals surface area contributed by atoms with Crippen LogP contribution in [0.25, 0.3) is 10.6 Å². The molecule has 5 heteroatoms. The van der Waals surface area contributed by atoms with Crippen molar-refractivity contribution in [3.63, 3.8) is 0 Å². The molecule has 1 aromatic heterocycles. The minimum Gasteiger partial charge on any atom is -0.462 e. The first kappa shape index (κ1) is 13.2. The molecule has 1 heterocycles. The Balaban J connectivity index is 2.41. The Hall–Kier alpha value is -1.20. The zero-order chi connectivity index (χ0) is 13.1. The van der Waals surface area contributed by atoms with E-state index in [4.69, 9.17) is 4.74 Å². The van der Waals surface area contributed by atoms with Gasteiger partial charge in [0.1, 0.15) is 9.88 Å². The SMILES string of the molecule is CCOC(=O)c1sc(-c2ccccc2Br)nc1C. The minimum atomic E-state index is -0.300. The van der Waals surface area contributed by atoms with Crippen LogP contribution < -0.4 is 0 Å². The summed E-state index contributed by atoms with van der Waals surface area (Å²) >= 11 is 4.84. The summed E-state index contributed by atoms with van der Waals surface area (Å²) in [5, 5.41) is 0.822. The standard InChI is InChI=1S/C13H12BrNO2S/c1-3-17-13(16)11-8(2)15-12(18-11)9-6-4-5-7-10(9)14/h4-7H,3H2,1-2H3. The summed E-state index contributed by atoms with van der Waals surface area (Å²) in [7, 11) is 0. The average Bonchev–Trinajstić information content (AvgIpc) is 2.72. The molecule has 0 aliphatic heterocycles. The molecule has 0 unspecified atom stereocenters. The molecule has 0 saturated heterocycles. The van der Waals surface area contributed by atoms with E-state index in [1.165, 1.54) is 11.3 Å². The molecule has 0 bridgehead atoms. The van der Waals surface area contributed by atoms with Crippen molar-refractivity contribution in [1.82, 2.24) is 4.98 Å². The summed E-state index contributed by atoms with van der Waals surface area (Å²) < 4.78 is 5.97. The van der Waals surface area contributed by atoms with Gasteiger partial charge in [-0.25, -0.2) is 9.78 Å². The Kier molecular flexibility index (Phi) is 4.14. The molecule has 0 saturated carbocycles. The summed E-state index contributed by atoms with van der Waals surface area (Å²) in [5.74, 6) is -0.300. The van der Waals surface area contributed by atoms with Crippen molar-refractivity contribution in [1.29, 1.82) is 0 Å². The van der Waals surface area contributed by atoms with E-state index in [-0.39, 0.29) is 5.97 Å². The van der Waals surface area contributed by atoms with Gasteiger partial charge < -0.3 is 4.74 Å². The molecule has 0 spiro atoms. The van der Waals surface area contributed by atoms with Crippen LogP contribution in [0.4, 0.5) is 0 Å². The predicted molar refractivity (Wildman–Crippen MR) is 75.9 cm³/mol. The fourth-order valence-corrected chi connectivity index (χ4v) is 3.14. The molecule has 18 heavy (non-hydrogen) atoms. The van der Waals surface area contributed by atoms with Crippen LogP contribution in [0, 0.1) is 6.92 Å². The molecule has 1 aromatic carbocycles. The lowest BCUT2D eigenvalue weighted by molar-refractivity contribution is 0.0531. The molecule has 0 fully saturated rings. The maximum Gasteiger partial charge on any atom is 0.350 e. The van der Waals surface area contributed by atoms with E-state index in [1.54, 1.807) is 6.92 Å². The number of hydrogen-bond donors (Lipinski definition) is 0. The normalized spacial score (nSPS) is 10.4. The van der Waals surface area contributed by atoms with Crippen molar-refractivity contribution in [3.8, 4) is 10.6 Å². The van der Waals surface area contributed by atoms with Gasteiger partial charge >= 0.3 is 5.97 Å². The van der Waals surface area contributed by atoms with Crippen LogP contribution in [-0.2, 0) is 4.74 Å². The number of carbonyl (C=O) groups excluding carboxylic acids is 1. The van der Waals surface area contributed by atoms with Gasteiger partial charge in [0, 0.05) is 10.0 Å². The maximum atomic E-state index is 11.7. The third kappa shape index (κ3) is 2.62. The Morgan fingerprint density at radius 3 is 2.83 bits per heavy atom. The average molecular weight is 326 g/mol. The van der Waals surface area contributed by atoms with Crippen LogP contribution in [0.15, 0.2) is 28.7 Å². The number of aryl methyl sites for hydroxylation is 1. The number of nitrogens with zero attached hydrogens (tertiary/aromatic N) is 1. The molecular weight excluding hydrogens is 314 g/mol. The molecule has 0 aliphatic carbocycles. The first-order chi connectivity index (χ1) is 8.63. The van der Waals surface area contributed by atoms with Gasteiger partial charge in [0.15, 0.2) is 0 Å². The lowest BCUT2D eigenvalue weighted by Crippen LogP contribution is -2.03. The highest BCUT2D eigenvalue weighted by molar-refractivity contribution is 9.10. The van der Waals surface area contributed by atoms with E-state index in [0.717, 1.165) is 15.0 Å². The van der Waals surface area contributed by atoms with E-state index in [2.05, 4.69) is 20.9 Å². The summed E-state index contributed by atoms with van der Waals surface area (Å²) in [4.78, 5) is 16.7. The highest BCUT2D eigenvalue weighted by Crippen LogP contribution is 2.33. The number of thiazole rings is 1. The van der Waals surface area contributed by atoms with Crippen molar-refractivity contribution < 1.29 is 9.53 Å². The lowest BCUT2D eigenvalue weighted by atomic mass is 10.2. The number of hydrogen-bond acceptors (Lipinski definition) is 4. The molecule has 0 atom stereocenters. The molecule has 0 N–H and O–H groups in total. The van der Waals surface area contributed by atoms with Crippen molar-refractivity contribution in [3.05, 3.63) is 39.3 Å². The molecule has 2 rings (SSSR count). The van der Waals surface area contributed by atoms with Gasteiger partial charge in [0.25, 0.3) is 0 Å². The second-order valence-electron chi connectivity index (χ2n) is 3.63. The van der Waals surface area contributed by atoms with Gasteiger partial charge in [-0.1, -0.05) is 34.1 Å². The Bertz CT molecular complexity index is 580. The topological polar surface area (TPSA) is 39.2 Å². The van der Waals surface area contributed by atoms with Gasteiger partial charge in [-0.15, -0.1) is 11.3 Å². The number of carbonyl (C=O) groups is 1. The van der Waals surface area contributed by atoms with Crippen LogP contribution in [-0.4, -0.2) is 17.6 Å². The summed E-state index contributed by atoms with van der Waals surface area (Å²) in [6.45, 7) is 3.99. The summed E-state index contributed by atoms with van der Waals surface area (Å²) in [5.41, 5.74) is 1.70. The van der Waals surface area contributed by atoms with E-state index in [0.29, 0.717) is 17.2 Å². The third-order valence-corrected chi connectivity index (χ3v) is 4.22. The first-order valence-corrected chi connectivity index (χ1v) is 7.14. The molecular formula is C13H12BrNO2S. The van der Waals surface area contributed by atoms with Crippen molar-refractivity contribution in [2.24, 2.45) is 0 Å². The number of rotatable bonds is 3. The second kappa shape index (κ2) is 5.63. The van der Waals surface area contributed by atoms with Crippen LogP contribution in [0.1, 0.15) is 22.3 Å². The quantitative estimate of drug-likeness (QED) is 0.799. The summed E-state index contributed by atoms with van der Waals surface area (Å²) in [6, 6.07) is 7.81. The van der Waals surface area contributed by atoms with Crippen molar-refractivity contribution >= 4 is 33.2 Å². The van der Waals surface area contributed by atoms with Gasteiger partial charge in [-0.2, -0.15) is 0 Å². The maximum absolute atomic E-state index is 11.7. The van der Waals surface area contributed by atoms with Gasteiger partial charge in [-0.05, 0) is 19.9 Å².